The van der Waals surface area contributed by atoms with Crippen LogP contribution in [-0.4, -0.2) is 83.2 Å². The number of fused-ring (bicyclic) bond motifs is 1. The Morgan fingerprint density at radius 3 is 2.30 bits per heavy atom. The van der Waals surface area contributed by atoms with Crippen LogP contribution >= 0.6 is 0 Å². The molecule has 15 heteroatoms. The second-order valence-corrected chi connectivity index (χ2v) is 16.3. The summed E-state index contributed by atoms with van der Waals surface area (Å²) in [6.07, 6.45) is -2.41. The van der Waals surface area contributed by atoms with Crippen LogP contribution in [-0.2, 0) is 33.4 Å². The number of nitrogens with one attached hydrogen (secondary N) is 3. The Bertz CT molecular complexity index is 1700. The lowest BCUT2D eigenvalue weighted by Crippen LogP contribution is -2.60. The highest BCUT2D eigenvalue weighted by molar-refractivity contribution is 5.91. The molecule has 1 fully saturated rings. The van der Waals surface area contributed by atoms with Crippen molar-refractivity contribution in [1.82, 2.24) is 26.1 Å². The fourth-order valence-electron chi connectivity index (χ4n) is 5.18. The van der Waals surface area contributed by atoms with Gasteiger partial charge in [-0.15, -0.1) is 0 Å². The number of hydrogen-bond acceptors (Lipinski definition) is 10. The van der Waals surface area contributed by atoms with Gasteiger partial charge in [-0.2, -0.15) is 0 Å². The maximum absolute atomic E-state index is 13.6. The van der Waals surface area contributed by atoms with Crippen molar-refractivity contribution in [2.24, 2.45) is 10.8 Å². The number of alkyl carbamates (subject to hydrolysis) is 1. The number of hydrogen-bond donors (Lipinski definition) is 3. The third kappa shape index (κ3) is 13.6. The number of halogens is 2. The molecule has 2 heterocycles. The quantitative estimate of drug-likeness (QED) is 0.163. The van der Waals surface area contributed by atoms with Gasteiger partial charge in [0, 0.05) is 11.9 Å². The van der Waals surface area contributed by atoms with Gasteiger partial charge in [0.2, 0.25) is 6.43 Å². The minimum Gasteiger partial charge on any atom is -0.464 e. The van der Waals surface area contributed by atoms with Gasteiger partial charge in [0.1, 0.15) is 17.7 Å². The van der Waals surface area contributed by atoms with E-state index in [4.69, 9.17) is 14.2 Å². The van der Waals surface area contributed by atoms with E-state index in [-0.39, 0.29) is 18.6 Å². The number of nitrogens with zero attached hydrogens (tertiary/aromatic N) is 2. The van der Waals surface area contributed by atoms with Crippen LogP contribution in [0, 0.1) is 10.8 Å². The van der Waals surface area contributed by atoms with Gasteiger partial charge in [0.25, 0.3) is 11.8 Å². The number of carbonyl (C=O) groups is 5. The highest BCUT2D eigenvalue weighted by Crippen LogP contribution is 2.25. The summed E-state index contributed by atoms with van der Waals surface area (Å²) in [4.78, 5) is 69.1. The summed E-state index contributed by atoms with van der Waals surface area (Å²) in [6.45, 7) is 17.7. The van der Waals surface area contributed by atoms with Crippen LogP contribution in [0.15, 0.2) is 36.4 Å². The second-order valence-electron chi connectivity index (χ2n) is 16.3. The van der Waals surface area contributed by atoms with E-state index in [1.165, 1.54) is 31.9 Å². The molecule has 3 amide bonds. The first kappa shape index (κ1) is 43.7. The van der Waals surface area contributed by atoms with E-state index in [1.807, 2.05) is 39.0 Å². The third-order valence-electron chi connectivity index (χ3n) is 8.18. The topological polar surface area (TPSA) is 165 Å². The van der Waals surface area contributed by atoms with Crippen molar-refractivity contribution >= 4 is 46.8 Å². The third-order valence-corrected chi connectivity index (χ3v) is 8.18. The number of alkyl halides is 2. The van der Waals surface area contributed by atoms with Gasteiger partial charge < -0.3 is 24.8 Å². The van der Waals surface area contributed by atoms with Crippen LogP contribution in [0.5, 0.6) is 0 Å². The first-order valence-electron chi connectivity index (χ1n) is 18.1. The molecule has 0 bridgehead atoms. The fraction of sp³-hybridized carbons (Fsp3) is 0.590. The van der Waals surface area contributed by atoms with Crippen molar-refractivity contribution in [3.8, 4) is 0 Å². The fourth-order valence-corrected chi connectivity index (χ4v) is 5.18. The normalized spacial score (nSPS) is 17.1. The molecular weight excluding hydrogens is 704 g/mol. The number of rotatable bonds is 13. The molecule has 3 N–H and O–H groups in total. The second kappa shape index (κ2) is 18.1. The molecule has 1 aliphatic rings. The van der Waals surface area contributed by atoms with E-state index in [9.17, 15) is 32.8 Å². The number of benzene rings is 1. The number of amides is 3. The Hall–Kier alpha value is -4.66. The lowest BCUT2D eigenvalue weighted by molar-refractivity contribution is -0.164. The predicted molar refractivity (Wildman–Crippen MR) is 199 cm³/mol. The van der Waals surface area contributed by atoms with Crippen molar-refractivity contribution in [2.75, 3.05) is 13.2 Å². The molecular formula is C39H55F2N5O8. The molecule has 298 valence electrons. The van der Waals surface area contributed by atoms with Crippen LogP contribution in [0.3, 0.4) is 0 Å². The van der Waals surface area contributed by atoms with Crippen LogP contribution in [0.1, 0.15) is 106 Å². The maximum atomic E-state index is 13.6. The zero-order chi connectivity index (χ0) is 40.6. The van der Waals surface area contributed by atoms with Gasteiger partial charge in [0.15, 0.2) is 6.10 Å². The molecule has 13 nitrogen and oxygen atoms in total. The first-order chi connectivity index (χ1) is 24.9. The van der Waals surface area contributed by atoms with Gasteiger partial charge in [-0.05, 0) is 84.4 Å². The maximum Gasteiger partial charge on any atom is 0.408 e. The van der Waals surface area contributed by atoms with Crippen molar-refractivity contribution < 1.29 is 47.0 Å². The number of hydrazine groups is 1. The van der Waals surface area contributed by atoms with E-state index in [1.54, 1.807) is 45.9 Å². The van der Waals surface area contributed by atoms with Crippen LogP contribution < -0.4 is 16.1 Å². The molecule has 54 heavy (non-hydrogen) atoms. The van der Waals surface area contributed by atoms with E-state index in [2.05, 4.69) is 21.0 Å². The number of pyridine rings is 1. The van der Waals surface area contributed by atoms with Gasteiger partial charge in [-0.1, -0.05) is 51.1 Å². The van der Waals surface area contributed by atoms with Gasteiger partial charge >= 0.3 is 18.0 Å². The summed E-state index contributed by atoms with van der Waals surface area (Å²) >= 11 is 0. The molecule has 1 aromatic carbocycles. The molecule has 0 aliphatic carbocycles. The minimum absolute atomic E-state index is 0.195. The highest BCUT2D eigenvalue weighted by Gasteiger charge is 2.36. The molecule has 0 saturated carbocycles. The zero-order valence-electron chi connectivity index (χ0n) is 32.9. The molecule has 0 unspecified atom stereocenters. The largest absolute Gasteiger partial charge is 0.464 e. The predicted octanol–water partition coefficient (Wildman–Crippen LogP) is 6.02. The lowest BCUT2D eigenvalue weighted by atomic mass is 9.92. The number of esters is 2. The highest BCUT2D eigenvalue weighted by atomic mass is 19.3. The lowest BCUT2D eigenvalue weighted by Gasteiger charge is -2.35. The molecule has 0 radical (unpaired) electrons. The molecule has 2 aromatic rings. The summed E-state index contributed by atoms with van der Waals surface area (Å²) in [5, 5.41) is 7.18. The zero-order valence-corrected chi connectivity index (χ0v) is 32.9. The average Bonchev–Trinajstić information content (AvgIpc) is 3.07. The van der Waals surface area contributed by atoms with Crippen molar-refractivity contribution in [1.29, 1.82) is 0 Å². The van der Waals surface area contributed by atoms with Crippen LogP contribution in [0.4, 0.5) is 13.6 Å². The number of ether oxygens (including phenoxy) is 3. The first-order valence-corrected chi connectivity index (χ1v) is 18.1. The van der Waals surface area contributed by atoms with E-state index < -0.39 is 77.9 Å². The summed E-state index contributed by atoms with van der Waals surface area (Å²) < 4.78 is 43.2. The molecule has 1 aromatic heterocycles. The van der Waals surface area contributed by atoms with Gasteiger partial charge in [-0.25, -0.2) is 19.0 Å². The number of aromatic nitrogens is 1. The molecule has 1 aliphatic heterocycles. The number of carbonyl (C=O) groups excluding carboxylic acids is 5. The van der Waals surface area contributed by atoms with E-state index in [0.29, 0.717) is 29.6 Å². The van der Waals surface area contributed by atoms with Crippen LogP contribution in [0.25, 0.3) is 17.0 Å². The SMILES string of the molecule is C[C@H](NC(=O)[C@H](CC(F)F)OC(=O)C(C)(C)/C=C/c1ccc2ccc([C@@H](C)NC(=O)OC(C)(C)C)nc2c1)C(=O)N1CCC[C@@H](C(=O)OCC(C)(C)C)N1. The van der Waals surface area contributed by atoms with Gasteiger partial charge in [-0.3, -0.25) is 29.2 Å². The Balaban J connectivity index is 1.65. The van der Waals surface area contributed by atoms with E-state index >= 15 is 0 Å². The standard InChI is InChI=1S/C39H55F2N5O8/c1-23(43-36(51)54-38(6,7)8)27-16-15-26-14-13-25(20-29(26)44-27)17-18-39(9,10)35(50)53-30(21-31(40)41)32(47)42-24(2)33(48)46-19-11-12-28(45-46)34(49)52-22-37(3,4)5/h13-18,20,23-24,28,30-31,45H,11-12,19,21-22H2,1-10H3,(H,42,47)(H,43,51)/b18-17+/t23-,24+,28+,30+/m1/s1. The molecule has 0 spiro atoms. The Morgan fingerprint density at radius 2 is 1.67 bits per heavy atom. The van der Waals surface area contributed by atoms with Crippen molar-refractivity contribution in [2.45, 2.75) is 125 Å². The van der Waals surface area contributed by atoms with Crippen molar-refractivity contribution in [3.63, 3.8) is 0 Å². The van der Waals surface area contributed by atoms with Crippen LogP contribution in [0.2, 0.25) is 0 Å². The summed E-state index contributed by atoms with van der Waals surface area (Å²) in [5.41, 5.74) is 2.49. The minimum atomic E-state index is -2.99. The molecule has 3 rings (SSSR count). The Morgan fingerprint density at radius 1 is 1.00 bits per heavy atom. The smallest absolute Gasteiger partial charge is 0.408 e. The summed E-state index contributed by atoms with van der Waals surface area (Å²) in [7, 11) is 0. The Labute approximate surface area is 315 Å². The Kier molecular flexibility index (Phi) is 14.7. The summed E-state index contributed by atoms with van der Waals surface area (Å²) in [5.74, 6) is -3.11. The monoisotopic (exact) mass is 759 g/mol. The molecule has 1 saturated heterocycles. The molecule has 4 atom stereocenters. The van der Waals surface area contributed by atoms with E-state index in [0.717, 1.165) is 5.39 Å². The summed E-state index contributed by atoms with van der Waals surface area (Å²) in [6, 6.07) is 6.70. The van der Waals surface area contributed by atoms with Gasteiger partial charge in [0.05, 0.1) is 35.7 Å². The average molecular weight is 760 g/mol. The van der Waals surface area contributed by atoms with Crippen molar-refractivity contribution in [3.05, 3.63) is 47.7 Å².